The molecule has 120 valence electrons. The number of hydrogen-bond donors (Lipinski definition) is 2. The van der Waals surface area contributed by atoms with Crippen molar-refractivity contribution in [1.29, 1.82) is 0 Å². The molecule has 0 heterocycles. The van der Waals surface area contributed by atoms with Crippen molar-refractivity contribution in [2.75, 3.05) is 20.3 Å². The van der Waals surface area contributed by atoms with Crippen LogP contribution in [0.2, 0.25) is 0 Å². The van der Waals surface area contributed by atoms with Crippen LogP contribution >= 0.6 is 15.9 Å². The van der Waals surface area contributed by atoms with Gasteiger partial charge in [0.05, 0.1) is 18.2 Å². The van der Waals surface area contributed by atoms with E-state index in [2.05, 4.69) is 35.1 Å². The third-order valence-electron chi connectivity index (χ3n) is 3.51. The molecule has 2 unspecified atom stereocenters. The molecular weight excluding hydrogens is 334 g/mol. The summed E-state index contributed by atoms with van der Waals surface area (Å²) in [5.41, 5.74) is 1.11. The highest BCUT2D eigenvalue weighted by molar-refractivity contribution is 9.10. The first kappa shape index (κ1) is 18.3. The van der Waals surface area contributed by atoms with Crippen molar-refractivity contribution in [3.8, 4) is 11.5 Å². The molecule has 2 N–H and O–H groups in total. The van der Waals surface area contributed by atoms with Gasteiger partial charge in [-0.3, -0.25) is 0 Å². The van der Waals surface area contributed by atoms with E-state index in [1.54, 1.807) is 7.11 Å². The van der Waals surface area contributed by atoms with Gasteiger partial charge in [-0.1, -0.05) is 13.8 Å². The van der Waals surface area contributed by atoms with Gasteiger partial charge < -0.3 is 19.9 Å². The van der Waals surface area contributed by atoms with Gasteiger partial charge in [-0.2, -0.15) is 0 Å². The summed E-state index contributed by atoms with van der Waals surface area (Å²) >= 11 is 3.55. The Bertz CT molecular complexity index is 440. The number of benzene rings is 1. The number of rotatable bonds is 9. The average molecular weight is 360 g/mol. The van der Waals surface area contributed by atoms with Crippen LogP contribution in [0, 0.1) is 5.92 Å². The minimum absolute atomic E-state index is 0.185. The van der Waals surface area contributed by atoms with Gasteiger partial charge in [0.15, 0.2) is 11.5 Å². The van der Waals surface area contributed by atoms with E-state index in [4.69, 9.17) is 14.6 Å². The van der Waals surface area contributed by atoms with Gasteiger partial charge in [-0.15, -0.1) is 0 Å². The number of nitrogens with one attached hydrogen (secondary N) is 1. The maximum absolute atomic E-state index is 9.16. The molecule has 0 aliphatic heterocycles. The molecule has 0 aromatic heterocycles. The lowest BCUT2D eigenvalue weighted by molar-refractivity contribution is 0.207. The van der Waals surface area contributed by atoms with Crippen molar-refractivity contribution in [3.05, 3.63) is 22.2 Å². The van der Waals surface area contributed by atoms with Gasteiger partial charge in [0.25, 0.3) is 0 Å². The summed E-state index contributed by atoms with van der Waals surface area (Å²) in [6.45, 7) is 7.74. The van der Waals surface area contributed by atoms with E-state index < -0.39 is 0 Å². The first-order valence-electron chi connectivity index (χ1n) is 7.36. The second-order valence-corrected chi connectivity index (χ2v) is 6.14. The Labute approximate surface area is 136 Å². The molecule has 0 radical (unpaired) electrons. The van der Waals surface area contributed by atoms with Crippen molar-refractivity contribution in [2.45, 2.75) is 39.8 Å². The number of aliphatic hydroxyl groups excluding tert-OH is 1. The Kier molecular flexibility index (Phi) is 8.07. The molecule has 1 rings (SSSR count). The van der Waals surface area contributed by atoms with Gasteiger partial charge in [0.2, 0.25) is 0 Å². The van der Waals surface area contributed by atoms with Crippen LogP contribution in [0.1, 0.15) is 32.8 Å². The van der Waals surface area contributed by atoms with Crippen molar-refractivity contribution < 1.29 is 14.6 Å². The molecule has 1 aromatic carbocycles. The minimum Gasteiger partial charge on any atom is -0.493 e. The van der Waals surface area contributed by atoms with Crippen LogP contribution in [0.5, 0.6) is 11.5 Å². The van der Waals surface area contributed by atoms with Gasteiger partial charge >= 0.3 is 0 Å². The van der Waals surface area contributed by atoms with E-state index in [9.17, 15) is 0 Å². The fourth-order valence-corrected chi connectivity index (χ4v) is 2.46. The van der Waals surface area contributed by atoms with Crippen LogP contribution in [0.3, 0.4) is 0 Å². The maximum atomic E-state index is 9.16. The first-order valence-corrected chi connectivity index (χ1v) is 8.16. The second-order valence-electron chi connectivity index (χ2n) is 5.29. The first-order chi connectivity index (χ1) is 10.0. The van der Waals surface area contributed by atoms with E-state index in [-0.39, 0.29) is 18.6 Å². The van der Waals surface area contributed by atoms with Crippen molar-refractivity contribution in [3.63, 3.8) is 0 Å². The van der Waals surface area contributed by atoms with E-state index in [1.165, 1.54) is 0 Å². The molecule has 5 heteroatoms. The minimum atomic E-state index is 0.185. The standard InChI is InChI=1S/C16H26BrNO3/c1-5-6-21-16-14(17)7-13(8-15(16)20-4)9-18-12(3)11(2)10-19/h7-8,11-12,18-19H,5-6,9-10H2,1-4H3. The van der Waals surface area contributed by atoms with Crippen LogP contribution in [0.4, 0.5) is 0 Å². The zero-order valence-corrected chi connectivity index (χ0v) is 14.9. The lowest BCUT2D eigenvalue weighted by Crippen LogP contribution is -2.33. The summed E-state index contributed by atoms with van der Waals surface area (Å²) in [6, 6.07) is 4.27. The predicted molar refractivity (Wildman–Crippen MR) is 89.0 cm³/mol. The number of hydrogen-bond acceptors (Lipinski definition) is 4. The van der Waals surface area contributed by atoms with E-state index in [0.717, 1.165) is 28.0 Å². The smallest absolute Gasteiger partial charge is 0.175 e. The largest absolute Gasteiger partial charge is 0.493 e. The zero-order chi connectivity index (χ0) is 15.8. The molecule has 1 aromatic rings. The highest BCUT2D eigenvalue weighted by Crippen LogP contribution is 2.36. The van der Waals surface area contributed by atoms with Crippen LogP contribution in [0.25, 0.3) is 0 Å². The predicted octanol–water partition coefficient (Wildman–Crippen LogP) is 3.35. The summed E-state index contributed by atoms with van der Waals surface area (Å²) in [7, 11) is 1.65. The van der Waals surface area contributed by atoms with Crippen LogP contribution in [0.15, 0.2) is 16.6 Å². The third kappa shape index (κ3) is 5.49. The molecule has 0 aliphatic rings. The topological polar surface area (TPSA) is 50.7 Å². The van der Waals surface area contributed by atoms with E-state index in [0.29, 0.717) is 13.2 Å². The molecule has 4 nitrogen and oxygen atoms in total. The second kappa shape index (κ2) is 9.28. The molecule has 0 saturated heterocycles. The van der Waals surface area contributed by atoms with Gasteiger partial charge in [0, 0.05) is 19.2 Å². The molecule has 2 atom stereocenters. The SMILES string of the molecule is CCCOc1c(Br)cc(CNC(C)C(C)CO)cc1OC. The summed E-state index contributed by atoms with van der Waals surface area (Å²) in [6.07, 6.45) is 0.954. The quantitative estimate of drug-likeness (QED) is 0.709. The monoisotopic (exact) mass is 359 g/mol. The molecular formula is C16H26BrNO3. The average Bonchev–Trinajstić information content (AvgIpc) is 2.50. The summed E-state index contributed by atoms with van der Waals surface area (Å²) in [5.74, 6) is 1.71. The van der Waals surface area contributed by atoms with Crippen LogP contribution in [-0.4, -0.2) is 31.5 Å². The Hall–Kier alpha value is -0.780. The summed E-state index contributed by atoms with van der Waals surface area (Å²) in [5, 5.41) is 12.6. The Morgan fingerprint density at radius 2 is 2.05 bits per heavy atom. The number of halogens is 1. The van der Waals surface area contributed by atoms with Crippen molar-refractivity contribution in [1.82, 2.24) is 5.32 Å². The Balaban J connectivity index is 2.78. The summed E-state index contributed by atoms with van der Waals surface area (Å²) < 4.78 is 12.0. The zero-order valence-electron chi connectivity index (χ0n) is 13.3. The lowest BCUT2D eigenvalue weighted by atomic mass is 10.0. The highest BCUT2D eigenvalue weighted by Gasteiger charge is 2.14. The Morgan fingerprint density at radius 3 is 2.62 bits per heavy atom. The molecule has 0 bridgehead atoms. The third-order valence-corrected chi connectivity index (χ3v) is 4.10. The molecule has 0 spiro atoms. The van der Waals surface area contributed by atoms with Crippen LogP contribution in [-0.2, 0) is 6.54 Å². The number of aliphatic hydroxyl groups is 1. The summed E-state index contributed by atoms with van der Waals surface area (Å²) in [4.78, 5) is 0. The molecule has 0 fully saturated rings. The van der Waals surface area contributed by atoms with Crippen LogP contribution < -0.4 is 14.8 Å². The Morgan fingerprint density at radius 1 is 1.33 bits per heavy atom. The van der Waals surface area contributed by atoms with Gasteiger partial charge in [-0.05, 0) is 52.9 Å². The molecule has 0 aliphatic carbocycles. The van der Waals surface area contributed by atoms with Crippen molar-refractivity contribution in [2.24, 2.45) is 5.92 Å². The fourth-order valence-electron chi connectivity index (χ4n) is 1.86. The number of methoxy groups -OCH3 is 1. The highest BCUT2D eigenvalue weighted by atomic mass is 79.9. The maximum Gasteiger partial charge on any atom is 0.175 e. The molecule has 21 heavy (non-hydrogen) atoms. The lowest BCUT2D eigenvalue weighted by Gasteiger charge is -2.20. The molecule has 0 saturated carbocycles. The molecule has 0 amide bonds. The van der Waals surface area contributed by atoms with Gasteiger partial charge in [-0.25, -0.2) is 0 Å². The van der Waals surface area contributed by atoms with E-state index in [1.807, 2.05) is 19.1 Å². The van der Waals surface area contributed by atoms with Crippen molar-refractivity contribution >= 4 is 15.9 Å². The number of ether oxygens (including phenoxy) is 2. The normalized spacial score (nSPS) is 13.8. The van der Waals surface area contributed by atoms with E-state index >= 15 is 0 Å². The fraction of sp³-hybridized carbons (Fsp3) is 0.625. The van der Waals surface area contributed by atoms with Gasteiger partial charge in [0.1, 0.15) is 0 Å².